The third kappa shape index (κ3) is 5.22. The van der Waals surface area contributed by atoms with Crippen molar-refractivity contribution in [3.8, 4) is 0 Å². The molecule has 0 unspecified atom stereocenters. The summed E-state index contributed by atoms with van der Waals surface area (Å²) in [5.41, 5.74) is 0. The highest BCUT2D eigenvalue weighted by atomic mass is 16.2. The van der Waals surface area contributed by atoms with Crippen molar-refractivity contribution in [2.45, 2.75) is 33.6 Å². The van der Waals surface area contributed by atoms with Crippen LogP contribution in [0.25, 0.3) is 0 Å². The fraction of sp³-hybridized carbons (Fsp3) is 0.909. The third-order valence-corrected chi connectivity index (χ3v) is 2.53. The lowest BCUT2D eigenvalue weighted by Crippen LogP contribution is -2.38. The average molecular weight is 200 g/mol. The second-order valence-corrected chi connectivity index (χ2v) is 3.63. The van der Waals surface area contributed by atoms with Crippen LogP contribution in [-0.2, 0) is 4.79 Å². The monoisotopic (exact) mass is 200 g/mol. The van der Waals surface area contributed by atoms with Crippen molar-refractivity contribution in [1.82, 2.24) is 9.80 Å². The summed E-state index contributed by atoms with van der Waals surface area (Å²) in [5.74, 6) is 0.238. The molecule has 0 bridgehead atoms. The number of nitrogens with zero attached hydrogens (tertiary/aromatic N) is 2. The van der Waals surface area contributed by atoms with Crippen LogP contribution >= 0.6 is 0 Å². The third-order valence-electron chi connectivity index (χ3n) is 2.53. The molecule has 3 heteroatoms. The van der Waals surface area contributed by atoms with Crippen LogP contribution < -0.4 is 0 Å². The number of hydrogen-bond acceptors (Lipinski definition) is 2. The molecule has 0 saturated heterocycles. The normalized spacial score (nSPS) is 10.6. The van der Waals surface area contributed by atoms with Crippen LogP contribution in [0.15, 0.2) is 0 Å². The molecule has 1 amide bonds. The van der Waals surface area contributed by atoms with E-state index in [1.54, 1.807) is 0 Å². The first kappa shape index (κ1) is 13.4. The van der Waals surface area contributed by atoms with Gasteiger partial charge in [-0.15, -0.1) is 0 Å². The van der Waals surface area contributed by atoms with E-state index >= 15 is 0 Å². The minimum atomic E-state index is 0.238. The predicted molar refractivity (Wildman–Crippen MR) is 60.3 cm³/mol. The largest absolute Gasteiger partial charge is 0.345 e. The SMILES string of the molecule is CCCCN(C)C(=O)CN(CC)CC. The molecule has 0 aromatic rings. The van der Waals surface area contributed by atoms with Crippen molar-refractivity contribution in [2.75, 3.05) is 33.2 Å². The van der Waals surface area contributed by atoms with Crippen molar-refractivity contribution in [1.29, 1.82) is 0 Å². The molecule has 0 N–H and O–H groups in total. The van der Waals surface area contributed by atoms with Crippen molar-refractivity contribution in [3.63, 3.8) is 0 Å². The van der Waals surface area contributed by atoms with Gasteiger partial charge in [0.1, 0.15) is 0 Å². The molecule has 0 fully saturated rings. The van der Waals surface area contributed by atoms with Gasteiger partial charge in [0, 0.05) is 13.6 Å². The number of unbranched alkanes of at least 4 members (excludes halogenated alkanes) is 1. The van der Waals surface area contributed by atoms with Gasteiger partial charge < -0.3 is 4.90 Å². The molecule has 0 aliphatic heterocycles. The molecule has 3 nitrogen and oxygen atoms in total. The standard InChI is InChI=1S/C11H24N2O/c1-5-8-9-12(4)11(14)10-13(6-2)7-3/h5-10H2,1-4H3. The number of rotatable bonds is 7. The van der Waals surface area contributed by atoms with Crippen molar-refractivity contribution < 1.29 is 4.79 Å². The molecule has 0 aliphatic rings. The highest BCUT2D eigenvalue weighted by Crippen LogP contribution is 1.95. The van der Waals surface area contributed by atoms with Gasteiger partial charge in [-0.25, -0.2) is 0 Å². The number of likely N-dealkylation sites (N-methyl/N-ethyl adjacent to an activating group) is 2. The van der Waals surface area contributed by atoms with Gasteiger partial charge >= 0.3 is 0 Å². The number of carbonyl (C=O) groups excluding carboxylic acids is 1. The van der Waals surface area contributed by atoms with E-state index in [0.717, 1.165) is 32.5 Å². The second-order valence-electron chi connectivity index (χ2n) is 3.63. The summed E-state index contributed by atoms with van der Waals surface area (Å²) >= 11 is 0. The Kier molecular flexibility index (Phi) is 7.48. The molecule has 0 aromatic carbocycles. The summed E-state index contributed by atoms with van der Waals surface area (Å²) in [6.45, 7) is 9.66. The lowest BCUT2D eigenvalue weighted by molar-refractivity contribution is -0.131. The summed E-state index contributed by atoms with van der Waals surface area (Å²) < 4.78 is 0. The molecular formula is C11H24N2O. The van der Waals surface area contributed by atoms with E-state index in [0.29, 0.717) is 6.54 Å². The Morgan fingerprint density at radius 1 is 1.14 bits per heavy atom. The first-order valence-corrected chi connectivity index (χ1v) is 5.61. The van der Waals surface area contributed by atoms with E-state index in [9.17, 15) is 4.79 Å². The van der Waals surface area contributed by atoms with E-state index in [1.807, 2.05) is 11.9 Å². The molecule has 0 aliphatic carbocycles. The molecule has 0 rings (SSSR count). The van der Waals surface area contributed by atoms with Crippen molar-refractivity contribution in [2.24, 2.45) is 0 Å². The number of amides is 1. The summed E-state index contributed by atoms with van der Waals surface area (Å²) in [6, 6.07) is 0. The first-order chi connectivity index (χ1) is 6.65. The number of hydrogen-bond donors (Lipinski definition) is 0. The summed E-state index contributed by atoms with van der Waals surface area (Å²) in [4.78, 5) is 15.6. The zero-order valence-electron chi connectivity index (χ0n) is 10.0. The fourth-order valence-corrected chi connectivity index (χ4v) is 1.28. The highest BCUT2D eigenvalue weighted by Gasteiger charge is 2.10. The Morgan fingerprint density at radius 2 is 1.71 bits per heavy atom. The molecule has 0 spiro atoms. The maximum atomic E-state index is 11.7. The van der Waals surface area contributed by atoms with Crippen LogP contribution in [0.3, 0.4) is 0 Å². The van der Waals surface area contributed by atoms with E-state index in [1.165, 1.54) is 0 Å². The molecule has 0 radical (unpaired) electrons. The Hall–Kier alpha value is -0.570. The maximum Gasteiger partial charge on any atom is 0.236 e. The summed E-state index contributed by atoms with van der Waals surface area (Å²) in [6.07, 6.45) is 2.24. The van der Waals surface area contributed by atoms with Crippen LogP contribution in [0.2, 0.25) is 0 Å². The topological polar surface area (TPSA) is 23.6 Å². The van der Waals surface area contributed by atoms with Gasteiger partial charge in [-0.05, 0) is 19.5 Å². The second kappa shape index (κ2) is 7.80. The van der Waals surface area contributed by atoms with Crippen LogP contribution in [0.1, 0.15) is 33.6 Å². The number of carbonyl (C=O) groups is 1. The average Bonchev–Trinajstić information content (AvgIpc) is 2.21. The molecule has 0 aromatic heterocycles. The Bertz CT molecular complexity index is 155. The van der Waals surface area contributed by atoms with E-state index in [4.69, 9.17) is 0 Å². The highest BCUT2D eigenvalue weighted by molar-refractivity contribution is 5.77. The maximum absolute atomic E-state index is 11.7. The zero-order chi connectivity index (χ0) is 11.0. The van der Waals surface area contributed by atoms with Gasteiger partial charge in [0.2, 0.25) is 5.91 Å². The van der Waals surface area contributed by atoms with Gasteiger partial charge in [0.05, 0.1) is 6.54 Å². The molecule has 0 heterocycles. The smallest absolute Gasteiger partial charge is 0.236 e. The lowest BCUT2D eigenvalue weighted by atomic mass is 10.3. The van der Waals surface area contributed by atoms with Gasteiger partial charge in [-0.3, -0.25) is 9.69 Å². The van der Waals surface area contributed by atoms with E-state index in [2.05, 4.69) is 25.7 Å². The Morgan fingerprint density at radius 3 is 2.14 bits per heavy atom. The molecule has 84 valence electrons. The lowest BCUT2D eigenvalue weighted by Gasteiger charge is -2.22. The Balaban J connectivity index is 3.81. The molecule has 0 atom stereocenters. The summed E-state index contributed by atoms with van der Waals surface area (Å²) in [7, 11) is 1.89. The van der Waals surface area contributed by atoms with Crippen molar-refractivity contribution in [3.05, 3.63) is 0 Å². The molecule has 0 saturated carbocycles. The van der Waals surface area contributed by atoms with Gasteiger partial charge in [0.15, 0.2) is 0 Å². The molecular weight excluding hydrogens is 176 g/mol. The Labute approximate surface area is 88.1 Å². The van der Waals surface area contributed by atoms with Crippen LogP contribution in [0.5, 0.6) is 0 Å². The quantitative estimate of drug-likeness (QED) is 0.623. The minimum absolute atomic E-state index is 0.238. The fourth-order valence-electron chi connectivity index (χ4n) is 1.28. The van der Waals surface area contributed by atoms with Gasteiger partial charge in [0.25, 0.3) is 0 Å². The van der Waals surface area contributed by atoms with E-state index in [-0.39, 0.29) is 5.91 Å². The van der Waals surface area contributed by atoms with Crippen LogP contribution in [0.4, 0.5) is 0 Å². The van der Waals surface area contributed by atoms with Crippen molar-refractivity contribution >= 4 is 5.91 Å². The zero-order valence-corrected chi connectivity index (χ0v) is 10.0. The minimum Gasteiger partial charge on any atom is -0.345 e. The first-order valence-electron chi connectivity index (χ1n) is 5.61. The summed E-state index contributed by atoms with van der Waals surface area (Å²) in [5, 5.41) is 0. The van der Waals surface area contributed by atoms with Gasteiger partial charge in [-0.1, -0.05) is 27.2 Å². The van der Waals surface area contributed by atoms with Gasteiger partial charge in [-0.2, -0.15) is 0 Å². The van der Waals surface area contributed by atoms with E-state index < -0.39 is 0 Å². The van der Waals surface area contributed by atoms with Crippen LogP contribution in [-0.4, -0.2) is 48.9 Å². The predicted octanol–water partition coefficient (Wildman–Crippen LogP) is 1.59. The van der Waals surface area contributed by atoms with Crippen LogP contribution in [0, 0.1) is 0 Å². The molecule has 14 heavy (non-hydrogen) atoms.